The number of hydrogen-bond acceptors (Lipinski definition) is 5. The molecular formula is C18H33IN4O3S. The summed E-state index contributed by atoms with van der Waals surface area (Å²) in [4.78, 5) is 7.14. The van der Waals surface area contributed by atoms with Crippen molar-refractivity contribution >= 4 is 39.8 Å². The van der Waals surface area contributed by atoms with Crippen LogP contribution in [0, 0.1) is 6.92 Å². The Hall–Kier alpha value is -0.910. The van der Waals surface area contributed by atoms with Crippen LogP contribution in [0.25, 0.3) is 0 Å². The second kappa shape index (κ2) is 13.3. The summed E-state index contributed by atoms with van der Waals surface area (Å²) >= 11 is 0. The number of benzene rings is 1. The molecule has 1 aromatic rings. The molecule has 0 amide bonds. The highest BCUT2D eigenvalue weighted by atomic mass is 127. The molecule has 0 atom stereocenters. The lowest BCUT2D eigenvalue weighted by Crippen LogP contribution is -2.41. The fourth-order valence-electron chi connectivity index (χ4n) is 2.46. The van der Waals surface area contributed by atoms with E-state index in [4.69, 9.17) is 4.74 Å². The lowest BCUT2D eigenvalue weighted by molar-refractivity contribution is 0.162. The van der Waals surface area contributed by atoms with Crippen LogP contribution in [0.3, 0.4) is 0 Å². The number of methoxy groups -OCH3 is 1. The first kappa shape index (κ1) is 26.1. The van der Waals surface area contributed by atoms with E-state index in [2.05, 4.69) is 27.6 Å². The van der Waals surface area contributed by atoms with Gasteiger partial charge in [-0.05, 0) is 38.1 Å². The Morgan fingerprint density at radius 3 is 2.52 bits per heavy atom. The fraction of sp³-hybridized carbons (Fsp3) is 0.611. The first-order valence-electron chi connectivity index (χ1n) is 8.77. The minimum absolute atomic E-state index is 0. The lowest BCUT2D eigenvalue weighted by atomic mass is 10.1. The van der Waals surface area contributed by atoms with Crippen LogP contribution in [-0.4, -0.2) is 72.5 Å². The molecular weight excluding hydrogens is 479 g/mol. The Morgan fingerprint density at radius 2 is 1.96 bits per heavy atom. The molecule has 1 rings (SSSR count). The number of halogens is 1. The van der Waals surface area contributed by atoms with Gasteiger partial charge in [0.25, 0.3) is 0 Å². The van der Waals surface area contributed by atoms with Crippen LogP contribution in [0.1, 0.15) is 18.1 Å². The topological polar surface area (TPSA) is 83.0 Å². The van der Waals surface area contributed by atoms with Crippen LogP contribution in [0.2, 0.25) is 0 Å². The standard InChI is InChI=1S/C18H32N4O3S.HI/c1-6-19-18(20-9-10-22(3)11-12-25-4)21-14-16-7-8-17(15(2)13-16)26(5,23)24;/h7-8,13H,6,9-12,14H2,1-5H3,(H2,19,20,21);1H. The minimum Gasteiger partial charge on any atom is -0.383 e. The third kappa shape index (κ3) is 10.3. The summed E-state index contributed by atoms with van der Waals surface area (Å²) in [6.45, 7) is 8.35. The Kier molecular flexibility index (Phi) is 12.8. The van der Waals surface area contributed by atoms with Crippen molar-refractivity contribution in [1.82, 2.24) is 15.5 Å². The molecule has 0 aliphatic rings. The number of ether oxygens (including phenoxy) is 1. The Bertz CT molecular complexity index is 696. The van der Waals surface area contributed by atoms with E-state index < -0.39 is 9.84 Å². The van der Waals surface area contributed by atoms with Gasteiger partial charge in [0.1, 0.15) is 0 Å². The molecule has 0 unspecified atom stereocenters. The number of aliphatic imine (C=N–C) groups is 1. The molecule has 156 valence electrons. The van der Waals surface area contributed by atoms with Gasteiger partial charge < -0.3 is 20.3 Å². The van der Waals surface area contributed by atoms with Gasteiger partial charge in [-0.3, -0.25) is 0 Å². The van der Waals surface area contributed by atoms with Gasteiger partial charge in [0, 0.05) is 39.5 Å². The molecule has 27 heavy (non-hydrogen) atoms. The summed E-state index contributed by atoms with van der Waals surface area (Å²) in [5.74, 6) is 0.748. The molecule has 2 N–H and O–H groups in total. The zero-order valence-corrected chi connectivity index (χ0v) is 20.1. The summed E-state index contributed by atoms with van der Waals surface area (Å²) < 4.78 is 28.5. The van der Waals surface area contributed by atoms with Gasteiger partial charge in [-0.1, -0.05) is 12.1 Å². The van der Waals surface area contributed by atoms with Gasteiger partial charge in [0.15, 0.2) is 15.8 Å². The summed E-state index contributed by atoms with van der Waals surface area (Å²) in [5.41, 5.74) is 1.72. The maximum atomic E-state index is 11.7. The molecule has 0 spiro atoms. The van der Waals surface area contributed by atoms with Crippen molar-refractivity contribution in [1.29, 1.82) is 0 Å². The van der Waals surface area contributed by atoms with Gasteiger partial charge in [0.2, 0.25) is 0 Å². The van der Waals surface area contributed by atoms with E-state index in [-0.39, 0.29) is 24.0 Å². The predicted molar refractivity (Wildman–Crippen MR) is 122 cm³/mol. The van der Waals surface area contributed by atoms with E-state index >= 15 is 0 Å². The van der Waals surface area contributed by atoms with Crippen LogP contribution >= 0.6 is 24.0 Å². The van der Waals surface area contributed by atoms with Crippen LogP contribution in [0.15, 0.2) is 28.1 Å². The van der Waals surface area contributed by atoms with Gasteiger partial charge >= 0.3 is 0 Å². The van der Waals surface area contributed by atoms with Crippen molar-refractivity contribution in [3.8, 4) is 0 Å². The van der Waals surface area contributed by atoms with E-state index in [1.54, 1.807) is 13.2 Å². The summed E-state index contributed by atoms with van der Waals surface area (Å²) in [7, 11) is 0.562. The van der Waals surface area contributed by atoms with Gasteiger partial charge in [-0.2, -0.15) is 0 Å². The van der Waals surface area contributed by atoms with Crippen molar-refractivity contribution in [3.63, 3.8) is 0 Å². The Balaban J connectivity index is 0.00000676. The molecule has 9 heteroatoms. The quantitative estimate of drug-likeness (QED) is 0.282. The molecule has 0 heterocycles. The molecule has 0 fully saturated rings. The maximum absolute atomic E-state index is 11.7. The van der Waals surface area contributed by atoms with Crippen LogP contribution in [0.4, 0.5) is 0 Å². The monoisotopic (exact) mass is 512 g/mol. The third-order valence-corrected chi connectivity index (χ3v) is 5.12. The summed E-state index contributed by atoms with van der Waals surface area (Å²) in [6.07, 6.45) is 1.23. The van der Waals surface area contributed by atoms with Gasteiger partial charge in [-0.15, -0.1) is 24.0 Å². The van der Waals surface area contributed by atoms with E-state index in [9.17, 15) is 8.42 Å². The SMILES string of the molecule is CCNC(=NCc1ccc(S(C)(=O)=O)c(C)c1)NCCN(C)CCOC.I. The molecule has 1 aromatic carbocycles. The van der Waals surface area contributed by atoms with Crippen LogP contribution < -0.4 is 10.6 Å². The number of aryl methyl sites for hydroxylation is 1. The van der Waals surface area contributed by atoms with Crippen molar-refractivity contribution in [3.05, 3.63) is 29.3 Å². The van der Waals surface area contributed by atoms with Crippen molar-refractivity contribution < 1.29 is 13.2 Å². The van der Waals surface area contributed by atoms with E-state index in [0.717, 1.165) is 43.3 Å². The smallest absolute Gasteiger partial charge is 0.191 e. The summed E-state index contributed by atoms with van der Waals surface area (Å²) in [5, 5.41) is 6.53. The fourth-order valence-corrected chi connectivity index (χ4v) is 3.42. The lowest BCUT2D eigenvalue weighted by Gasteiger charge is -2.17. The zero-order chi connectivity index (χ0) is 19.6. The van der Waals surface area contributed by atoms with Crippen molar-refractivity contribution in [2.75, 3.05) is 53.2 Å². The highest BCUT2D eigenvalue weighted by Gasteiger charge is 2.10. The van der Waals surface area contributed by atoms with Gasteiger partial charge in [0.05, 0.1) is 18.0 Å². The summed E-state index contributed by atoms with van der Waals surface area (Å²) in [6, 6.07) is 5.34. The molecule has 0 bridgehead atoms. The highest BCUT2D eigenvalue weighted by Crippen LogP contribution is 2.17. The molecule has 0 aliphatic carbocycles. The average Bonchev–Trinajstić information content (AvgIpc) is 2.56. The second-order valence-corrected chi connectivity index (χ2v) is 8.27. The first-order chi connectivity index (χ1) is 12.3. The number of sulfone groups is 1. The molecule has 0 aromatic heterocycles. The first-order valence-corrected chi connectivity index (χ1v) is 10.7. The number of hydrogen-bond donors (Lipinski definition) is 2. The van der Waals surface area contributed by atoms with E-state index in [0.29, 0.717) is 18.0 Å². The average molecular weight is 512 g/mol. The second-order valence-electron chi connectivity index (χ2n) is 6.29. The van der Waals surface area contributed by atoms with Crippen LogP contribution in [0.5, 0.6) is 0 Å². The van der Waals surface area contributed by atoms with E-state index in [1.165, 1.54) is 6.26 Å². The third-order valence-electron chi connectivity index (χ3n) is 3.87. The molecule has 0 aliphatic heterocycles. The predicted octanol–water partition coefficient (Wildman–Crippen LogP) is 1.65. The highest BCUT2D eigenvalue weighted by molar-refractivity contribution is 14.0. The molecule has 7 nitrogen and oxygen atoms in total. The minimum atomic E-state index is -3.19. The number of rotatable bonds is 10. The van der Waals surface area contributed by atoms with Gasteiger partial charge in [-0.25, -0.2) is 13.4 Å². The Morgan fingerprint density at radius 1 is 1.26 bits per heavy atom. The largest absolute Gasteiger partial charge is 0.383 e. The molecule has 0 radical (unpaired) electrons. The normalized spacial score (nSPS) is 12.0. The number of nitrogens with zero attached hydrogens (tertiary/aromatic N) is 2. The number of nitrogens with one attached hydrogen (secondary N) is 2. The zero-order valence-electron chi connectivity index (χ0n) is 16.9. The Labute approximate surface area is 180 Å². The van der Waals surface area contributed by atoms with E-state index in [1.807, 2.05) is 26.0 Å². The van der Waals surface area contributed by atoms with Crippen molar-refractivity contribution in [2.24, 2.45) is 4.99 Å². The van der Waals surface area contributed by atoms with Crippen molar-refractivity contribution in [2.45, 2.75) is 25.3 Å². The maximum Gasteiger partial charge on any atom is 0.191 e. The number of likely N-dealkylation sites (N-methyl/N-ethyl adjacent to an activating group) is 1. The molecule has 0 saturated heterocycles. The number of guanidine groups is 1. The van der Waals surface area contributed by atoms with Crippen LogP contribution in [-0.2, 0) is 21.1 Å². The molecule has 0 saturated carbocycles.